The Labute approximate surface area is 104 Å². The molecule has 0 fully saturated rings. The normalized spacial score (nSPS) is 10.4. The molecule has 0 aliphatic carbocycles. The first-order valence-corrected chi connectivity index (χ1v) is 6.03. The third kappa shape index (κ3) is 4.09. The molecule has 0 amide bonds. The van der Waals surface area contributed by atoms with E-state index in [1.54, 1.807) is 0 Å². The Bertz CT molecular complexity index is 420. The van der Waals surface area contributed by atoms with Crippen LogP contribution in [0.25, 0.3) is 16.5 Å². The summed E-state index contributed by atoms with van der Waals surface area (Å²) in [4.78, 5) is 2.71. The van der Waals surface area contributed by atoms with Crippen molar-refractivity contribution in [3.63, 3.8) is 0 Å². The molecule has 0 spiro atoms. The third-order valence-electron chi connectivity index (χ3n) is 2.24. The third-order valence-corrected chi connectivity index (χ3v) is 2.74. The van der Waals surface area contributed by atoms with Crippen LogP contribution in [0.5, 0.6) is 0 Å². The average molecular weight is 280 g/mol. The molecule has 0 radical (unpaired) electrons. The van der Waals surface area contributed by atoms with Crippen molar-refractivity contribution < 1.29 is 0 Å². The second-order valence-electron chi connectivity index (χ2n) is 3.34. The van der Waals surface area contributed by atoms with E-state index in [0.29, 0.717) is 6.54 Å². The van der Waals surface area contributed by atoms with Crippen LogP contribution in [0.15, 0.2) is 33.9 Å². The van der Waals surface area contributed by atoms with E-state index in [1.807, 2.05) is 12.1 Å². The molecular weight excluding hydrogens is 266 g/mol. The van der Waals surface area contributed by atoms with E-state index < -0.39 is 0 Å². The largest absolute Gasteiger partial charge is 0.0937 e. The summed E-state index contributed by atoms with van der Waals surface area (Å²) < 4.78 is 1.11. The van der Waals surface area contributed by atoms with Gasteiger partial charge in [-0.3, -0.25) is 0 Å². The van der Waals surface area contributed by atoms with E-state index in [-0.39, 0.29) is 0 Å². The molecule has 4 heteroatoms. The predicted octanol–water partition coefficient (Wildman–Crippen LogP) is 4.73. The summed E-state index contributed by atoms with van der Waals surface area (Å²) in [6.45, 7) is 2.66. The van der Waals surface area contributed by atoms with Crippen molar-refractivity contribution in [3.05, 3.63) is 50.3 Å². The van der Waals surface area contributed by atoms with Crippen LogP contribution in [0.4, 0.5) is 0 Å². The highest BCUT2D eigenvalue weighted by Crippen LogP contribution is 2.18. The maximum absolute atomic E-state index is 8.12. The van der Waals surface area contributed by atoms with Crippen molar-refractivity contribution in [3.8, 4) is 0 Å². The van der Waals surface area contributed by atoms with Crippen LogP contribution in [-0.2, 0) is 6.42 Å². The summed E-state index contributed by atoms with van der Waals surface area (Å²) in [5.74, 6) is 0. The fourth-order valence-corrected chi connectivity index (χ4v) is 1.84. The Balaban J connectivity index is 2.68. The smallest absolute Gasteiger partial charge is 0.0292 e. The fourth-order valence-electron chi connectivity index (χ4n) is 1.43. The lowest BCUT2D eigenvalue weighted by Gasteiger charge is -2.03. The van der Waals surface area contributed by atoms with Gasteiger partial charge in [0.2, 0.25) is 0 Å². The van der Waals surface area contributed by atoms with Gasteiger partial charge in [0, 0.05) is 15.9 Å². The van der Waals surface area contributed by atoms with Gasteiger partial charge in [-0.15, -0.1) is 0 Å². The number of aryl methyl sites for hydroxylation is 1. The van der Waals surface area contributed by atoms with Crippen LogP contribution in [-0.4, -0.2) is 6.54 Å². The summed E-state index contributed by atoms with van der Waals surface area (Å²) in [6.07, 6.45) is 5.91. The SMILES string of the molecule is CCc1cc(Br)ccc1C=CCCN=[N+]=[N-]. The Kier molecular flexibility index (Phi) is 5.68. The Morgan fingerprint density at radius 2 is 2.31 bits per heavy atom. The number of azide groups is 1. The van der Waals surface area contributed by atoms with Gasteiger partial charge in [-0.1, -0.05) is 46.2 Å². The van der Waals surface area contributed by atoms with Crippen molar-refractivity contribution in [2.45, 2.75) is 19.8 Å². The number of halogens is 1. The van der Waals surface area contributed by atoms with Crippen LogP contribution in [0.3, 0.4) is 0 Å². The lowest BCUT2D eigenvalue weighted by Crippen LogP contribution is -1.86. The van der Waals surface area contributed by atoms with E-state index >= 15 is 0 Å². The lowest BCUT2D eigenvalue weighted by molar-refractivity contribution is 0.995. The number of hydrogen-bond donors (Lipinski definition) is 0. The van der Waals surface area contributed by atoms with Crippen LogP contribution in [0.1, 0.15) is 24.5 Å². The maximum atomic E-state index is 8.12. The molecule has 0 aliphatic heterocycles. The Hall–Kier alpha value is -1.25. The first kappa shape index (κ1) is 12.8. The number of nitrogens with zero attached hydrogens (tertiary/aromatic N) is 3. The lowest BCUT2D eigenvalue weighted by atomic mass is 10.0. The van der Waals surface area contributed by atoms with E-state index in [0.717, 1.165) is 17.3 Å². The summed E-state index contributed by atoms with van der Waals surface area (Å²) in [6, 6.07) is 6.26. The van der Waals surface area contributed by atoms with Crippen molar-refractivity contribution in [1.29, 1.82) is 0 Å². The van der Waals surface area contributed by atoms with Gasteiger partial charge in [-0.25, -0.2) is 0 Å². The van der Waals surface area contributed by atoms with Crippen molar-refractivity contribution in [1.82, 2.24) is 0 Å². The van der Waals surface area contributed by atoms with E-state index in [1.165, 1.54) is 11.1 Å². The number of rotatable bonds is 5. The monoisotopic (exact) mass is 279 g/mol. The highest BCUT2D eigenvalue weighted by atomic mass is 79.9. The second kappa shape index (κ2) is 7.09. The van der Waals surface area contributed by atoms with Crippen molar-refractivity contribution in [2.24, 2.45) is 5.11 Å². The molecule has 0 N–H and O–H groups in total. The summed E-state index contributed by atoms with van der Waals surface area (Å²) >= 11 is 3.46. The molecule has 0 bridgehead atoms. The van der Waals surface area contributed by atoms with Gasteiger partial charge in [0.05, 0.1) is 0 Å². The molecule has 0 unspecified atom stereocenters. The van der Waals surface area contributed by atoms with Crippen LogP contribution in [0.2, 0.25) is 0 Å². The van der Waals surface area contributed by atoms with Gasteiger partial charge in [0.15, 0.2) is 0 Å². The van der Waals surface area contributed by atoms with Gasteiger partial charge in [-0.2, -0.15) is 0 Å². The highest BCUT2D eigenvalue weighted by molar-refractivity contribution is 9.10. The molecule has 0 atom stereocenters. The van der Waals surface area contributed by atoms with Crippen molar-refractivity contribution in [2.75, 3.05) is 6.54 Å². The Morgan fingerprint density at radius 3 is 3.00 bits per heavy atom. The zero-order valence-electron chi connectivity index (χ0n) is 9.23. The summed E-state index contributed by atoms with van der Waals surface area (Å²) in [5.41, 5.74) is 10.7. The zero-order chi connectivity index (χ0) is 11.8. The molecule has 3 nitrogen and oxygen atoms in total. The van der Waals surface area contributed by atoms with Gasteiger partial charge >= 0.3 is 0 Å². The predicted molar refractivity (Wildman–Crippen MR) is 71.2 cm³/mol. The van der Waals surface area contributed by atoms with Crippen molar-refractivity contribution >= 4 is 22.0 Å². The zero-order valence-corrected chi connectivity index (χ0v) is 10.8. The standard InChI is InChI=1S/C12H14BrN3/c1-2-10-9-12(13)7-6-11(10)5-3-4-8-15-16-14/h3,5-7,9H,2,4,8H2,1H3. The minimum absolute atomic E-state index is 0.519. The molecule has 1 aromatic rings. The van der Waals surface area contributed by atoms with Crippen LogP contribution < -0.4 is 0 Å². The molecule has 16 heavy (non-hydrogen) atoms. The number of benzene rings is 1. The van der Waals surface area contributed by atoms with E-state index in [9.17, 15) is 0 Å². The molecule has 0 heterocycles. The first-order valence-electron chi connectivity index (χ1n) is 5.23. The molecule has 0 saturated heterocycles. The van der Waals surface area contributed by atoms with Gasteiger partial charge < -0.3 is 0 Å². The molecule has 0 saturated carbocycles. The van der Waals surface area contributed by atoms with Gasteiger partial charge in [0.1, 0.15) is 0 Å². The number of hydrogen-bond acceptors (Lipinski definition) is 1. The van der Waals surface area contributed by atoms with Gasteiger partial charge in [0.25, 0.3) is 0 Å². The molecule has 84 valence electrons. The highest BCUT2D eigenvalue weighted by Gasteiger charge is 1.97. The van der Waals surface area contributed by atoms with Crippen LogP contribution >= 0.6 is 15.9 Å². The minimum atomic E-state index is 0.519. The topological polar surface area (TPSA) is 48.8 Å². The van der Waals surface area contributed by atoms with E-state index in [4.69, 9.17) is 5.53 Å². The average Bonchev–Trinajstić information content (AvgIpc) is 2.30. The quantitative estimate of drug-likeness (QED) is 0.324. The molecule has 1 rings (SSSR count). The first-order chi connectivity index (χ1) is 7.77. The summed E-state index contributed by atoms with van der Waals surface area (Å²) in [7, 11) is 0. The maximum Gasteiger partial charge on any atom is 0.0292 e. The second-order valence-corrected chi connectivity index (χ2v) is 4.26. The van der Waals surface area contributed by atoms with Gasteiger partial charge in [-0.05, 0) is 41.6 Å². The molecule has 1 aromatic carbocycles. The summed E-state index contributed by atoms with van der Waals surface area (Å²) in [5, 5.41) is 3.48. The minimum Gasteiger partial charge on any atom is -0.0937 e. The van der Waals surface area contributed by atoms with Crippen LogP contribution in [0, 0.1) is 0 Å². The molecular formula is C12H14BrN3. The molecule has 0 aromatic heterocycles. The molecule has 0 aliphatic rings. The Morgan fingerprint density at radius 1 is 1.50 bits per heavy atom. The van der Waals surface area contributed by atoms with E-state index in [2.05, 4.69) is 51.1 Å². The fraction of sp³-hybridized carbons (Fsp3) is 0.333.